The summed E-state index contributed by atoms with van der Waals surface area (Å²) in [5, 5.41) is 0.0668. The van der Waals surface area contributed by atoms with Gasteiger partial charge in [-0.15, -0.1) is 0 Å². The van der Waals surface area contributed by atoms with Crippen LogP contribution in [-0.4, -0.2) is 4.98 Å². The van der Waals surface area contributed by atoms with Gasteiger partial charge in [-0.05, 0) is 48.3 Å². The summed E-state index contributed by atoms with van der Waals surface area (Å²) in [6.07, 6.45) is -2.69. The number of hydrogen-bond acceptors (Lipinski definition) is 1. The molecule has 2 nitrogen and oxygen atoms in total. The van der Waals surface area contributed by atoms with Crippen LogP contribution in [0.15, 0.2) is 29.1 Å². The molecule has 2 rings (SSSR count). The van der Waals surface area contributed by atoms with Gasteiger partial charge in [0.15, 0.2) is 0 Å². The van der Waals surface area contributed by atoms with E-state index >= 15 is 0 Å². The van der Waals surface area contributed by atoms with E-state index in [4.69, 9.17) is 0 Å². The van der Waals surface area contributed by atoms with E-state index in [1.165, 1.54) is 0 Å². The van der Waals surface area contributed by atoms with Gasteiger partial charge in [0.25, 0.3) is 0 Å². The van der Waals surface area contributed by atoms with E-state index in [0.717, 1.165) is 18.4 Å². The van der Waals surface area contributed by atoms with Gasteiger partial charge in [-0.25, -0.2) is 0 Å². The molecule has 0 amide bonds. The number of hydrogen-bond donors (Lipinski definition) is 1. The maximum absolute atomic E-state index is 13.3. The average molecular weight is 339 g/mol. The summed E-state index contributed by atoms with van der Waals surface area (Å²) in [6.45, 7) is 8.47. The van der Waals surface area contributed by atoms with Crippen LogP contribution in [0.25, 0.3) is 10.9 Å². The Balaban J connectivity index is 2.59. The molecule has 0 aliphatic heterocycles. The van der Waals surface area contributed by atoms with Gasteiger partial charge in [0.1, 0.15) is 0 Å². The van der Waals surface area contributed by atoms with Crippen molar-refractivity contribution in [2.45, 2.75) is 52.6 Å². The molecular formula is C19H24F3NO. The topological polar surface area (TPSA) is 32.9 Å². The van der Waals surface area contributed by atoms with Crippen LogP contribution in [-0.2, 0) is 6.18 Å². The van der Waals surface area contributed by atoms with Crippen molar-refractivity contribution in [1.29, 1.82) is 0 Å². The Morgan fingerprint density at radius 1 is 1.00 bits per heavy atom. The maximum Gasteiger partial charge on any atom is 0.417 e. The number of aromatic amines is 1. The van der Waals surface area contributed by atoms with Gasteiger partial charge in [-0.3, -0.25) is 4.79 Å². The Hall–Kier alpha value is -1.78. The molecular weight excluding hydrogens is 315 g/mol. The average Bonchev–Trinajstić information content (AvgIpc) is 2.43. The second kappa shape index (κ2) is 6.99. The molecule has 1 aromatic carbocycles. The van der Waals surface area contributed by atoms with Crippen LogP contribution in [0, 0.1) is 11.8 Å². The summed E-state index contributed by atoms with van der Waals surface area (Å²) in [7, 11) is 0. The Morgan fingerprint density at radius 3 is 2.08 bits per heavy atom. The van der Waals surface area contributed by atoms with Crippen molar-refractivity contribution >= 4 is 10.9 Å². The first kappa shape index (κ1) is 18.6. The highest BCUT2D eigenvalue weighted by molar-refractivity contribution is 5.83. The summed E-state index contributed by atoms with van der Waals surface area (Å²) < 4.78 is 39.9. The summed E-state index contributed by atoms with van der Waals surface area (Å²) in [6, 6.07) is 5.68. The Kier molecular flexibility index (Phi) is 5.41. The fraction of sp³-hybridized carbons (Fsp3) is 0.526. The third-order valence-corrected chi connectivity index (χ3v) is 4.16. The first-order valence-electron chi connectivity index (χ1n) is 8.32. The first-order chi connectivity index (χ1) is 11.1. The second-order valence-corrected chi connectivity index (χ2v) is 7.31. The third-order valence-electron chi connectivity index (χ3n) is 4.16. The van der Waals surface area contributed by atoms with Crippen molar-refractivity contribution in [2.24, 2.45) is 11.8 Å². The van der Waals surface area contributed by atoms with Crippen LogP contribution in [0.5, 0.6) is 0 Å². The van der Waals surface area contributed by atoms with Crippen LogP contribution in [0.3, 0.4) is 0 Å². The Morgan fingerprint density at radius 2 is 1.58 bits per heavy atom. The standard InChI is InChI=1S/C19H24F3NO/c1-11(2)7-14(8-12(3)4)13-5-6-17-15(9-13)16(19(20,21)22)10-18(24)23-17/h5-6,9-12,14H,7-8H2,1-4H3,(H,23,24). The zero-order valence-corrected chi connectivity index (χ0v) is 14.5. The quantitative estimate of drug-likeness (QED) is 0.742. The van der Waals surface area contributed by atoms with E-state index < -0.39 is 17.3 Å². The monoisotopic (exact) mass is 339 g/mol. The van der Waals surface area contributed by atoms with Crippen molar-refractivity contribution in [3.63, 3.8) is 0 Å². The second-order valence-electron chi connectivity index (χ2n) is 7.31. The minimum absolute atomic E-state index is 0.0668. The molecule has 132 valence electrons. The van der Waals surface area contributed by atoms with Crippen LogP contribution in [0.1, 0.15) is 57.6 Å². The molecule has 0 spiro atoms. The summed E-state index contributed by atoms with van der Waals surface area (Å²) in [5.41, 5.74) is -0.465. The molecule has 0 saturated carbocycles. The minimum atomic E-state index is -4.54. The largest absolute Gasteiger partial charge is 0.417 e. The maximum atomic E-state index is 13.3. The van der Waals surface area contributed by atoms with Crippen molar-refractivity contribution in [3.8, 4) is 0 Å². The van der Waals surface area contributed by atoms with Gasteiger partial charge < -0.3 is 4.98 Å². The highest BCUT2D eigenvalue weighted by atomic mass is 19.4. The van der Waals surface area contributed by atoms with Crippen molar-refractivity contribution in [1.82, 2.24) is 4.98 Å². The molecule has 0 saturated heterocycles. The van der Waals surface area contributed by atoms with E-state index in [1.807, 2.05) is 6.07 Å². The predicted molar refractivity (Wildman–Crippen MR) is 91.2 cm³/mol. The molecule has 1 N–H and O–H groups in total. The molecule has 0 fully saturated rings. The number of nitrogens with one attached hydrogen (secondary N) is 1. The number of fused-ring (bicyclic) bond motifs is 1. The van der Waals surface area contributed by atoms with E-state index in [0.29, 0.717) is 17.9 Å². The minimum Gasteiger partial charge on any atom is -0.322 e. The van der Waals surface area contributed by atoms with Gasteiger partial charge in [0.05, 0.1) is 5.56 Å². The third kappa shape index (κ3) is 4.40. The summed E-state index contributed by atoms with van der Waals surface area (Å²) in [5.74, 6) is 1.13. The molecule has 5 heteroatoms. The van der Waals surface area contributed by atoms with Gasteiger partial charge in [0, 0.05) is 17.0 Å². The number of H-pyrrole nitrogens is 1. The zero-order chi connectivity index (χ0) is 18.1. The first-order valence-corrected chi connectivity index (χ1v) is 8.32. The number of alkyl halides is 3. The highest BCUT2D eigenvalue weighted by Gasteiger charge is 2.33. The lowest BCUT2D eigenvalue weighted by Gasteiger charge is -2.22. The van der Waals surface area contributed by atoms with E-state index in [1.54, 1.807) is 12.1 Å². The lowest BCUT2D eigenvalue weighted by molar-refractivity contribution is -0.136. The predicted octanol–water partition coefficient (Wildman–Crippen LogP) is 5.72. The number of halogens is 3. The van der Waals surface area contributed by atoms with Crippen LogP contribution in [0.2, 0.25) is 0 Å². The fourth-order valence-electron chi connectivity index (χ4n) is 3.27. The van der Waals surface area contributed by atoms with Crippen molar-refractivity contribution in [2.75, 3.05) is 0 Å². The number of benzene rings is 1. The van der Waals surface area contributed by atoms with Crippen LogP contribution >= 0.6 is 0 Å². The van der Waals surface area contributed by atoms with E-state index in [2.05, 4.69) is 32.7 Å². The molecule has 24 heavy (non-hydrogen) atoms. The van der Waals surface area contributed by atoms with Gasteiger partial charge >= 0.3 is 6.18 Å². The number of pyridine rings is 1. The SMILES string of the molecule is CC(C)CC(CC(C)C)c1ccc2[nH]c(=O)cc(C(F)(F)F)c2c1. The Bertz CT molecular complexity index is 749. The summed E-state index contributed by atoms with van der Waals surface area (Å²) >= 11 is 0. The zero-order valence-electron chi connectivity index (χ0n) is 14.5. The lowest BCUT2D eigenvalue weighted by atomic mass is 9.83. The molecule has 1 aromatic heterocycles. The molecule has 0 unspecified atom stereocenters. The van der Waals surface area contributed by atoms with Gasteiger partial charge in [-0.2, -0.15) is 13.2 Å². The lowest BCUT2D eigenvalue weighted by Crippen LogP contribution is -2.14. The Labute approximate surface area is 140 Å². The molecule has 2 aromatic rings. The van der Waals surface area contributed by atoms with E-state index in [-0.39, 0.29) is 16.8 Å². The van der Waals surface area contributed by atoms with Crippen LogP contribution < -0.4 is 5.56 Å². The number of rotatable bonds is 5. The van der Waals surface area contributed by atoms with Crippen molar-refractivity contribution in [3.05, 3.63) is 45.7 Å². The normalized spacial score (nSPS) is 12.8. The van der Waals surface area contributed by atoms with E-state index in [9.17, 15) is 18.0 Å². The molecule has 1 heterocycles. The van der Waals surface area contributed by atoms with Crippen LogP contribution in [0.4, 0.5) is 13.2 Å². The number of aromatic nitrogens is 1. The summed E-state index contributed by atoms with van der Waals surface area (Å²) in [4.78, 5) is 14.0. The van der Waals surface area contributed by atoms with Gasteiger partial charge in [0.2, 0.25) is 5.56 Å². The van der Waals surface area contributed by atoms with Gasteiger partial charge in [-0.1, -0.05) is 33.8 Å². The smallest absolute Gasteiger partial charge is 0.322 e. The highest BCUT2D eigenvalue weighted by Crippen LogP contribution is 2.36. The fourth-order valence-corrected chi connectivity index (χ4v) is 3.27. The molecule has 0 aliphatic rings. The molecule has 0 radical (unpaired) electrons. The van der Waals surface area contributed by atoms with Crippen molar-refractivity contribution < 1.29 is 13.2 Å². The molecule has 0 bridgehead atoms. The molecule has 0 aliphatic carbocycles. The molecule has 0 atom stereocenters.